The number of nitrogens with zero attached hydrogens (tertiary/aromatic N) is 3. The normalized spacial score (nSPS) is 37.9. The van der Waals surface area contributed by atoms with Gasteiger partial charge in [-0.15, -0.1) is 0 Å². The second-order valence-corrected chi connectivity index (χ2v) is 5.51. The van der Waals surface area contributed by atoms with Crippen LogP contribution in [0.2, 0.25) is 0 Å². The molecule has 0 aromatic heterocycles. The third kappa shape index (κ3) is 2.82. The smallest absolute Gasteiger partial charge is 0.184 e. The topological polar surface area (TPSA) is 85.7 Å². The fourth-order valence-corrected chi connectivity index (χ4v) is 3.02. The van der Waals surface area contributed by atoms with Crippen LogP contribution in [0.15, 0.2) is 35.4 Å². The summed E-state index contributed by atoms with van der Waals surface area (Å²) >= 11 is 0. The molecule has 2 aliphatic heterocycles. The van der Waals surface area contributed by atoms with Gasteiger partial charge in [-0.3, -0.25) is 0 Å². The van der Waals surface area contributed by atoms with E-state index in [4.69, 9.17) is 24.5 Å². The van der Waals surface area contributed by atoms with E-state index in [2.05, 4.69) is 10.0 Å². The molecular formula is C15H19N3O4. The van der Waals surface area contributed by atoms with Crippen LogP contribution in [0.3, 0.4) is 0 Å². The Labute approximate surface area is 128 Å². The highest BCUT2D eigenvalue weighted by Crippen LogP contribution is 2.37. The van der Waals surface area contributed by atoms with Crippen LogP contribution < -0.4 is 0 Å². The van der Waals surface area contributed by atoms with Crippen molar-refractivity contribution in [1.82, 2.24) is 0 Å². The highest BCUT2D eigenvalue weighted by Gasteiger charge is 2.47. The molecule has 0 amide bonds. The summed E-state index contributed by atoms with van der Waals surface area (Å²) in [7, 11) is 1.54. The molecular weight excluding hydrogens is 286 g/mol. The molecule has 7 nitrogen and oxygen atoms in total. The van der Waals surface area contributed by atoms with Crippen LogP contribution in [0.25, 0.3) is 10.4 Å². The first-order valence-corrected chi connectivity index (χ1v) is 7.29. The molecule has 0 radical (unpaired) electrons. The van der Waals surface area contributed by atoms with Gasteiger partial charge in [-0.2, -0.15) is 0 Å². The molecule has 0 saturated carbocycles. The molecule has 6 atom stereocenters. The molecule has 1 aromatic rings. The highest BCUT2D eigenvalue weighted by molar-refractivity contribution is 5.16. The summed E-state index contributed by atoms with van der Waals surface area (Å²) in [6, 6.07) is 9.33. The van der Waals surface area contributed by atoms with E-state index in [-0.39, 0.29) is 18.1 Å². The third-order valence-corrected chi connectivity index (χ3v) is 4.19. The monoisotopic (exact) mass is 305 g/mol. The molecule has 7 heteroatoms. The van der Waals surface area contributed by atoms with Gasteiger partial charge in [-0.1, -0.05) is 42.4 Å². The lowest BCUT2D eigenvalue weighted by molar-refractivity contribution is -0.330. The first-order valence-electron chi connectivity index (χ1n) is 7.29. The maximum absolute atomic E-state index is 8.76. The summed E-state index contributed by atoms with van der Waals surface area (Å²) in [6.07, 6.45) is -1.45. The van der Waals surface area contributed by atoms with Crippen LogP contribution in [0.5, 0.6) is 0 Å². The Kier molecular flexibility index (Phi) is 4.61. The molecule has 2 fully saturated rings. The van der Waals surface area contributed by atoms with E-state index in [1.54, 1.807) is 0 Å². The molecule has 2 heterocycles. The predicted octanol–water partition coefficient (Wildman–Crippen LogP) is 2.79. The summed E-state index contributed by atoms with van der Waals surface area (Å²) in [5, 5.41) is 3.82. The first kappa shape index (κ1) is 15.3. The van der Waals surface area contributed by atoms with Crippen molar-refractivity contribution in [3.63, 3.8) is 0 Å². The second kappa shape index (κ2) is 6.64. The molecule has 2 aliphatic rings. The molecule has 3 rings (SSSR count). The van der Waals surface area contributed by atoms with E-state index >= 15 is 0 Å². The quantitative estimate of drug-likeness (QED) is 0.488. The van der Waals surface area contributed by atoms with Crippen LogP contribution in [0.4, 0.5) is 0 Å². The molecule has 1 aromatic carbocycles. The lowest BCUT2D eigenvalue weighted by Crippen LogP contribution is -2.57. The van der Waals surface area contributed by atoms with E-state index in [1.807, 2.05) is 37.3 Å². The zero-order chi connectivity index (χ0) is 15.5. The van der Waals surface area contributed by atoms with E-state index in [1.165, 1.54) is 7.11 Å². The number of hydrogen-bond donors (Lipinski definition) is 0. The zero-order valence-corrected chi connectivity index (χ0v) is 12.5. The summed E-state index contributed by atoms with van der Waals surface area (Å²) in [4.78, 5) is 2.90. The Morgan fingerprint density at radius 3 is 2.73 bits per heavy atom. The predicted molar refractivity (Wildman–Crippen MR) is 77.8 cm³/mol. The maximum atomic E-state index is 8.76. The van der Waals surface area contributed by atoms with Crippen molar-refractivity contribution in [3.8, 4) is 0 Å². The van der Waals surface area contributed by atoms with Crippen LogP contribution in [0, 0.1) is 5.92 Å². The summed E-state index contributed by atoms with van der Waals surface area (Å²) in [6.45, 7) is 2.40. The van der Waals surface area contributed by atoms with Gasteiger partial charge in [0.2, 0.25) is 0 Å². The van der Waals surface area contributed by atoms with Crippen molar-refractivity contribution in [2.75, 3.05) is 13.7 Å². The molecule has 0 N–H and O–H groups in total. The van der Waals surface area contributed by atoms with E-state index in [9.17, 15) is 0 Å². The minimum Gasteiger partial charge on any atom is -0.355 e. The third-order valence-electron chi connectivity index (χ3n) is 4.19. The number of methoxy groups -OCH3 is 1. The van der Waals surface area contributed by atoms with Crippen LogP contribution in [-0.4, -0.2) is 38.3 Å². The van der Waals surface area contributed by atoms with Gasteiger partial charge in [0.25, 0.3) is 0 Å². The fraction of sp³-hybridized carbons (Fsp3) is 0.600. The summed E-state index contributed by atoms with van der Waals surface area (Å²) < 4.78 is 22.9. The number of azide groups is 1. The Morgan fingerprint density at radius 1 is 1.27 bits per heavy atom. The molecule has 2 saturated heterocycles. The van der Waals surface area contributed by atoms with Gasteiger partial charge >= 0.3 is 0 Å². The first-order chi connectivity index (χ1) is 10.7. The van der Waals surface area contributed by atoms with Gasteiger partial charge in [0.05, 0.1) is 18.8 Å². The van der Waals surface area contributed by atoms with Gasteiger partial charge in [0.15, 0.2) is 12.6 Å². The Morgan fingerprint density at radius 2 is 2.05 bits per heavy atom. The number of rotatable bonds is 3. The van der Waals surface area contributed by atoms with Crippen LogP contribution >= 0.6 is 0 Å². The molecule has 3 unspecified atom stereocenters. The highest BCUT2D eigenvalue weighted by atomic mass is 16.7. The fourth-order valence-electron chi connectivity index (χ4n) is 3.02. The Hall–Kier alpha value is -1.63. The molecule has 22 heavy (non-hydrogen) atoms. The minimum absolute atomic E-state index is 0.0327. The van der Waals surface area contributed by atoms with Gasteiger partial charge in [-0.25, -0.2) is 0 Å². The molecule has 0 bridgehead atoms. The van der Waals surface area contributed by atoms with Crippen molar-refractivity contribution in [2.24, 2.45) is 11.0 Å². The maximum Gasteiger partial charge on any atom is 0.184 e. The number of ether oxygens (including phenoxy) is 4. The van der Waals surface area contributed by atoms with Crippen molar-refractivity contribution < 1.29 is 18.9 Å². The van der Waals surface area contributed by atoms with E-state index in [0.29, 0.717) is 6.61 Å². The molecule has 0 spiro atoms. The lowest BCUT2D eigenvalue weighted by atomic mass is 9.88. The average molecular weight is 305 g/mol. The number of hydrogen-bond acceptors (Lipinski definition) is 5. The second-order valence-electron chi connectivity index (χ2n) is 5.51. The van der Waals surface area contributed by atoms with Crippen molar-refractivity contribution in [1.29, 1.82) is 0 Å². The van der Waals surface area contributed by atoms with Crippen LogP contribution in [-0.2, 0) is 18.9 Å². The van der Waals surface area contributed by atoms with Crippen molar-refractivity contribution in [3.05, 3.63) is 46.3 Å². The molecule has 0 aliphatic carbocycles. The minimum atomic E-state index is -0.576. The Bertz CT molecular complexity index is 549. The van der Waals surface area contributed by atoms with Gasteiger partial charge in [0, 0.05) is 17.6 Å². The average Bonchev–Trinajstić information content (AvgIpc) is 2.58. The van der Waals surface area contributed by atoms with Gasteiger partial charge < -0.3 is 18.9 Å². The van der Waals surface area contributed by atoms with E-state index in [0.717, 1.165) is 5.56 Å². The summed E-state index contributed by atoms with van der Waals surface area (Å²) in [5.74, 6) is -0.0327. The van der Waals surface area contributed by atoms with E-state index < -0.39 is 18.6 Å². The lowest BCUT2D eigenvalue weighted by Gasteiger charge is -2.47. The number of benzene rings is 1. The van der Waals surface area contributed by atoms with Gasteiger partial charge in [0.1, 0.15) is 6.10 Å². The number of fused-ring (bicyclic) bond motifs is 1. The standard InChI is InChI=1S/C15H19N3O4/c1-9-12(17-18-16)15(19-2)21-11-8-20-14(22-13(9)11)10-6-4-3-5-7-10/h3-7,9,11-15H,8H2,1-2H3/t9?,11?,12-,13-,14?,15-/m0/s1. The van der Waals surface area contributed by atoms with Crippen molar-refractivity contribution >= 4 is 0 Å². The zero-order valence-electron chi connectivity index (χ0n) is 12.5. The Balaban J connectivity index is 1.79. The van der Waals surface area contributed by atoms with Gasteiger partial charge in [-0.05, 0) is 11.4 Å². The molecule has 118 valence electrons. The van der Waals surface area contributed by atoms with Crippen molar-refractivity contribution in [2.45, 2.75) is 37.8 Å². The largest absolute Gasteiger partial charge is 0.355 e. The van der Waals surface area contributed by atoms with Crippen LogP contribution in [0.1, 0.15) is 18.8 Å². The summed E-state index contributed by atoms with van der Waals surface area (Å²) in [5.41, 5.74) is 9.72. The SMILES string of the molecule is CO[C@H]1OC2COC(c3ccccc3)O[C@H]2C(C)[C@@H]1N=[N+]=[N-].